The molecule has 5 nitrogen and oxygen atoms in total. The van der Waals surface area contributed by atoms with Gasteiger partial charge in [0, 0.05) is 24.2 Å². The number of aromatic nitrogens is 1. The molecule has 11 heteroatoms. The van der Waals surface area contributed by atoms with Crippen LogP contribution < -0.4 is 16.2 Å². The van der Waals surface area contributed by atoms with Crippen molar-refractivity contribution in [1.29, 1.82) is 0 Å². The van der Waals surface area contributed by atoms with Crippen molar-refractivity contribution in [3.8, 4) is 0 Å². The molecule has 1 saturated carbocycles. The molecule has 1 saturated heterocycles. The van der Waals surface area contributed by atoms with Gasteiger partial charge in [0.1, 0.15) is 0 Å². The van der Waals surface area contributed by atoms with E-state index in [1.54, 1.807) is 12.1 Å². The number of fused-ring (bicyclic) bond motifs is 1. The van der Waals surface area contributed by atoms with Crippen LogP contribution in [0.5, 0.6) is 0 Å². The second-order valence-electron chi connectivity index (χ2n) is 10.7. The van der Waals surface area contributed by atoms with Gasteiger partial charge in [-0.25, -0.2) is 0 Å². The molecule has 0 spiro atoms. The standard InChI is InChI=1S/C29H29F6N3O2/c30-28(31,32)22-10-18(11-23(13-22)29(33,34)35)15-38-16-21-3-1-2-20(14-37-26(39)19-6-8-36-9-7-19)25(21)24(27(38)40)12-17-4-5-17/h1-3,10-11,13,16-17,19,36H,4-9,12,14-15H2,(H,37,39). The van der Waals surface area contributed by atoms with E-state index in [1.165, 1.54) is 10.8 Å². The molecule has 2 aromatic carbocycles. The molecule has 214 valence electrons. The van der Waals surface area contributed by atoms with Crippen LogP contribution in [0.3, 0.4) is 0 Å². The molecule has 1 aliphatic carbocycles. The Hall–Kier alpha value is -3.34. The summed E-state index contributed by atoms with van der Waals surface area (Å²) in [4.78, 5) is 26.4. The van der Waals surface area contributed by atoms with Crippen LogP contribution in [-0.4, -0.2) is 23.6 Å². The number of carbonyl (C=O) groups is 1. The number of halogens is 6. The Morgan fingerprint density at radius 1 is 0.950 bits per heavy atom. The smallest absolute Gasteiger partial charge is 0.352 e. The lowest BCUT2D eigenvalue weighted by molar-refractivity contribution is -0.143. The highest BCUT2D eigenvalue weighted by molar-refractivity contribution is 5.89. The number of hydrogen-bond acceptors (Lipinski definition) is 3. The molecular weight excluding hydrogens is 536 g/mol. The zero-order valence-electron chi connectivity index (χ0n) is 21.6. The van der Waals surface area contributed by atoms with Crippen molar-refractivity contribution >= 4 is 16.7 Å². The minimum absolute atomic E-state index is 0.0550. The van der Waals surface area contributed by atoms with Gasteiger partial charge in [-0.05, 0) is 91.2 Å². The SMILES string of the molecule is O=C(NCc1cccc2cn(Cc3cc(C(F)(F)F)cc(C(F)(F)F)c3)c(=O)c(CC3CC3)c12)C1CCNCC1. The van der Waals surface area contributed by atoms with E-state index in [0.29, 0.717) is 34.9 Å². The molecule has 3 aromatic rings. The summed E-state index contributed by atoms with van der Waals surface area (Å²) >= 11 is 0. The average molecular weight is 566 g/mol. The zero-order chi connectivity index (χ0) is 28.7. The Bertz CT molecular complexity index is 1440. The average Bonchev–Trinajstić information content (AvgIpc) is 3.73. The monoisotopic (exact) mass is 565 g/mol. The van der Waals surface area contributed by atoms with Crippen molar-refractivity contribution in [2.45, 2.75) is 57.5 Å². The number of nitrogens with one attached hydrogen (secondary N) is 2. The molecule has 2 fully saturated rings. The summed E-state index contributed by atoms with van der Waals surface area (Å²) in [5.41, 5.74) is -2.35. The fraction of sp³-hybridized carbons (Fsp3) is 0.448. The van der Waals surface area contributed by atoms with Gasteiger partial charge < -0.3 is 15.2 Å². The number of pyridine rings is 1. The van der Waals surface area contributed by atoms with Crippen LogP contribution in [-0.2, 0) is 36.7 Å². The first-order chi connectivity index (χ1) is 18.9. The van der Waals surface area contributed by atoms with Crippen molar-refractivity contribution in [3.63, 3.8) is 0 Å². The summed E-state index contributed by atoms with van der Waals surface area (Å²) < 4.78 is 81.6. The first-order valence-corrected chi connectivity index (χ1v) is 13.3. The van der Waals surface area contributed by atoms with E-state index < -0.39 is 35.6 Å². The summed E-state index contributed by atoms with van der Waals surface area (Å²) in [6.07, 6.45) is -4.68. The fourth-order valence-corrected chi connectivity index (χ4v) is 5.39. The van der Waals surface area contributed by atoms with Crippen LogP contribution in [0, 0.1) is 11.8 Å². The molecule has 0 radical (unpaired) electrons. The lowest BCUT2D eigenvalue weighted by atomic mass is 9.96. The molecular formula is C29H29F6N3O2. The highest BCUT2D eigenvalue weighted by Gasteiger charge is 2.37. The molecule has 0 bridgehead atoms. The molecule has 1 amide bonds. The number of benzene rings is 2. The van der Waals surface area contributed by atoms with Crippen molar-refractivity contribution in [2.24, 2.45) is 11.8 Å². The predicted molar refractivity (Wildman–Crippen MR) is 138 cm³/mol. The van der Waals surface area contributed by atoms with Crippen molar-refractivity contribution in [1.82, 2.24) is 15.2 Å². The number of carbonyl (C=O) groups excluding carboxylic acids is 1. The molecule has 2 N–H and O–H groups in total. The number of piperidine rings is 1. The maximum absolute atomic E-state index is 13.7. The first-order valence-electron chi connectivity index (χ1n) is 13.3. The van der Waals surface area contributed by atoms with Gasteiger partial charge in [0.2, 0.25) is 5.91 Å². The third-order valence-corrected chi connectivity index (χ3v) is 7.65. The maximum atomic E-state index is 13.7. The van der Waals surface area contributed by atoms with Crippen LogP contribution in [0.25, 0.3) is 10.8 Å². The van der Waals surface area contributed by atoms with E-state index in [2.05, 4.69) is 10.6 Å². The second-order valence-corrected chi connectivity index (χ2v) is 10.7. The van der Waals surface area contributed by atoms with Gasteiger partial charge in [-0.2, -0.15) is 26.3 Å². The van der Waals surface area contributed by atoms with Gasteiger partial charge in [-0.3, -0.25) is 9.59 Å². The van der Waals surface area contributed by atoms with Crippen molar-refractivity contribution < 1.29 is 31.1 Å². The Kier molecular flexibility index (Phi) is 7.69. The van der Waals surface area contributed by atoms with E-state index >= 15 is 0 Å². The summed E-state index contributed by atoms with van der Waals surface area (Å²) in [6.45, 7) is 1.31. The van der Waals surface area contributed by atoms with E-state index in [0.717, 1.165) is 44.3 Å². The largest absolute Gasteiger partial charge is 0.416 e. The van der Waals surface area contributed by atoms with E-state index in [1.807, 2.05) is 6.07 Å². The van der Waals surface area contributed by atoms with Crippen LogP contribution in [0.1, 0.15) is 53.5 Å². The van der Waals surface area contributed by atoms with Crippen molar-refractivity contribution in [3.05, 3.63) is 80.8 Å². The normalized spacial score (nSPS) is 16.9. The molecule has 40 heavy (non-hydrogen) atoms. The van der Waals surface area contributed by atoms with Gasteiger partial charge in [-0.15, -0.1) is 0 Å². The minimum atomic E-state index is -4.98. The lowest BCUT2D eigenvalue weighted by Gasteiger charge is -2.22. The third-order valence-electron chi connectivity index (χ3n) is 7.65. The van der Waals surface area contributed by atoms with Gasteiger partial charge in [-0.1, -0.05) is 18.2 Å². The zero-order valence-corrected chi connectivity index (χ0v) is 21.6. The van der Waals surface area contributed by atoms with Crippen LogP contribution in [0.2, 0.25) is 0 Å². The van der Waals surface area contributed by atoms with E-state index in [-0.39, 0.29) is 35.9 Å². The minimum Gasteiger partial charge on any atom is -0.352 e. The fourth-order valence-electron chi connectivity index (χ4n) is 5.39. The lowest BCUT2D eigenvalue weighted by Crippen LogP contribution is -2.38. The van der Waals surface area contributed by atoms with Gasteiger partial charge in [0.25, 0.3) is 5.56 Å². The Labute approximate surface area is 226 Å². The highest BCUT2D eigenvalue weighted by Crippen LogP contribution is 2.37. The Morgan fingerprint density at radius 3 is 2.20 bits per heavy atom. The summed E-state index contributed by atoms with van der Waals surface area (Å²) in [6, 6.07) is 6.73. The van der Waals surface area contributed by atoms with Gasteiger partial charge in [0.05, 0.1) is 17.7 Å². The molecule has 2 heterocycles. The third kappa shape index (κ3) is 6.35. The number of nitrogens with zero attached hydrogens (tertiary/aromatic N) is 1. The molecule has 0 atom stereocenters. The topological polar surface area (TPSA) is 63.1 Å². The number of rotatable bonds is 7. The second kappa shape index (κ2) is 10.9. The number of hydrogen-bond donors (Lipinski definition) is 2. The Morgan fingerprint density at radius 2 is 1.60 bits per heavy atom. The molecule has 2 aliphatic rings. The molecule has 1 aromatic heterocycles. The Balaban J connectivity index is 1.52. The predicted octanol–water partition coefficient (Wildman–Crippen LogP) is 5.66. The van der Waals surface area contributed by atoms with Crippen LogP contribution in [0.4, 0.5) is 26.3 Å². The summed E-state index contributed by atoms with van der Waals surface area (Å²) in [5, 5.41) is 7.52. The van der Waals surface area contributed by atoms with Crippen LogP contribution in [0.15, 0.2) is 47.4 Å². The van der Waals surface area contributed by atoms with Gasteiger partial charge in [0.15, 0.2) is 0 Å². The summed E-state index contributed by atoms with van der Waals surface area (Å²) in [5.74, 6) is 0.142. The quantitative estimate of drug-likeness (QED) is 0.364. The van der Waals surface area contributed by atoms with Crippen LogP contribution >= 0.6 is 0 Å². The maximum Gasteiger partial charge on any atom is 0.416 e. The molecule has 0 unspecified atom stereocenters. The first kappa shape index (κ1) is 28.2. The number of alkyl halides is 6. The van der Waals surface area contributed by atoms with E-state index in [4.69, 9.17) is 0 Å². The molecule has 5 rings (SSSR count). The van der Waals surface area contributed by atoms with Gasteiger partial charge >= 0.3 is 12.4 Å². The van der Waals surface area contributed by atoms with Crippen molar-refractivity contribution in [2.75, 3.05) is 13.1 Å². The van der Waals surface area contributed by atoms with E-state index in [9.17, 15) is 35.9 Å². The number of amides is 1. The summed E-state index contributed by atoms with van der Waals surface area (Å²) in [7, 11) is 0. The molecule has 1 aliphatic heterocycles. The highest BCUT2D eigenvalue weighted by atomic mass is 19.4.